The molecule has 0 aromatic rings. The van der Waals surface area contributed by atoms with Gasteiger partial charge in [-0.15, -0.1) is 0 Å². The standard InChI is InChI=1S/C22H42O2.Na.H2O4S/c1-3-5-7-8-9-10-11-12-13-14-15-16-17-18-20-21(22(23)24)19-6-4-2;;1-5(2,3)4/h12-13,21H,3-11,14-20H2,1-2H3,(H,23,24);;(H2,1,2,3,4)/q;+1;/p-1. The van der Waals surface area contributed by atoms with Crippen LogP contribution in [0.15, 0.2) is 12.2 Å². The first kappa shape index (κ1) is 34.7. The third-order valence-corrected chi connectivity index (χ3v) is 4.80. The van der Waals surface area contributed by atoms with Gasteiger partial charge in [-0.2, -0.15) is 8.42 Å². The third-order valence-electron chi connectivity index (χ3n) is 4.80. The first-order valence-corrected chi connectivity index (χ1v) is 12.7. The second-order valence-corrected chi connectivity index (χ2v) is 8.52. The van der Waals surface area contributed by atoms with Gasteiger partial charge in [-0.3, -0.25) is 9.11 Å². The zero-order valence-electron chi connectivity index (χ0n) is 19.5. The van der Waals surface area contributed by atoms with E-state index in [2.05, 4.69) is 26.0 Å². The number of unbranched alkanes of at least 4 members (excludes halogenated alkanes) is 11. The SMILES string of the molecule is CCCCCCCCC=CCCCCCCC(CCCC)C(=O)[O-].O=S(=O)(O)O.[Na+]. The van der Waals surface area contributed by atoms with Crippen LogP contribution >= 0.6 is 0 Å². The number of rotatable bonds is 18. The number of aliphatic carboxylic acids is 1. The Bertz CT molecular complexity index is 486. The second kappa shape index (κ2) is 25.3. The Balaban J connectivity index is -0.00000108. The Kier molecular flexibility index (Phi) is 29.3. The molecule has 1 atom stereocenters. The van der Waals surface area contributed by atoms with Crippen LogP contribution in [0, 0.1) is 5.92 Å². The van der Waals surface area contributed by atoms with Gasteiger partial charge < -0.3 is 9.90 Å². The quantitative estimate of drug-likeness (QED) is 0.141. The molecule has 0 aromatic carbocycles. The van der Waals surface area contributed by atoms with E-state index in [0.29, 0.717) is 0 Å². The fourth-order valence-electron chi connectivity index (χ4n) is 3.12. The number of hydrogen-bond acceptors (Lipinski definition) is 4. The number of hydrogen-bond donors (Lipinski definition) is 2. The number of carboxylic acids is 1. The van der Waals surface area contributed by atoms with Crippen molar-refractivity contribution in [2.45, 2.75) is 117 Å². The molecule has 0 fully saturated rings. The van der Waals surface area contributed by atoms with Gasteiger partial charge in [0.15, 0.2) is 0 Å². The predicted octanol–water partition coefficient (Wildman–Crippen LogP) is 2.54. The zero-order valence-corrected chi connectivity index (χ0v) is 22.3. The molecule has 0 saturated heterocycles. The summed E-state index contributed by atoms with van der Waals surface area (Å²) in [5, 5.41) is 11.1. The molecule has 0 rings (SSSR count). The van der Waals surface area contributed by atoms with Crippen LogP contribution in [0.5, 0.6) is 0 Å². The van der Waals surface area contributed by atoms with Crippen molar-refractivity contribution in [1.82, 2.24) is 0 Å². The van der Waals surface area contributed by atoms with E-state index in [-0.39, 0.29) is 35.5 Å². The van der Waals surface area contributed by atoms with E-state index < -0.39 is 16.4 Å². The maximum atomic E-state index is 11.1. The Hall–Kier alpha value is 0.0800. The number of carbonyl (C=O) groups is 1. The molecule has 30 heavy (non-hydrogen) atoms. The normalized spacial score (nSPS) is 12.1. The molecule has 0 aliphatic rings. The molecular weight excluding hydrogens is 415 g/mol. The monoisotopic (exact) mass is 458 g/mol. The van der Waals surface area contributed by atoms with Gasteiger partial charge >= 0.3 is 40.0 Å². The molecule has 0 heterocycles. The Labute approximate surface area is 207 Å². The van der Waals surface area contributed by atoms with Crippen molar-refractivity contribution in [3.63, 3.8) is 0 Å². The van der Waals surface area contributed by atoms with Gasteiger partial charge in [0.25, 0.3) is 0 Å². The number of allylic oxidation sites excluding steroid dienone is 2. The summed E-state index contributed by atoms with van der Waals surface area (Å²) in [4.78, 5) is 11.1. The van der Waals surface area contributed by atoms with E-state index in [0.717, 1.165) is 38.5 Å². The van der Waals surface area contributed by atoms with Gasteiger partial charge in [0.2, 0.25) is 0 Å². The van der Waals surface area contributed by atoms with E-state index in [4.69, 9.17) is 17.5 Å². The first-order chi connectivity index (χ1) is 13.7. The summed E-state index contributed by atoms with van der Waals surface area (Å²) >= 11 is 0. The van der Waals surface area contributed by atoms with Crippen LogP contribution in [-0.4, -0.2) is 23.5 Å². The fourth-order valence-corrected chi connectivity index (χ4v) is 3.12. The molecule has 8 heteroatoms. The summed E-state index contributed by atoms with van der Waals surface area (Å²) < 4.78 is 31.6. The van der Waals surface area contributed by atoms with E-state index in [1.54, 1.807) is 0 Å². The summed E-state index contributed by atoms with van der Waals surface area (Å²) in [6.07, 6.45) is 23.6. The summed E-state index contributed by atoms with van der Waals surface area (Å²) in [6.45, 7) is 4.36. The second-order valence-electron chi connectivity index (χ2n) is 7.63. The van der Waals surface area contributed by atoms with Crippen molar-refractivity contribution >= 4 is 16.4 Å². The summed E-state index contributed by atoms with van der Waals surface area (Å²) in [7, 11) is -4.67. The average Bonchev–Trinajstić information content (AvgIpc) is 2.62. The van der Waals surface area contributed by atoms with Crippen molar-refractivity contribution in [2.24, 2.45) is 5.92 Å². The van der Waals surface area contributed by atoms with Crippen LogP contribution in [0.25, 0.3) is 0 Å². The van der Waals surface area contributed by atoms with Crippen molar-refractivity contribution in [1.29, 1.82) is 0 Å². The van der Waals surface area contributed by atoms with Gasteiger partial charge in [-0.1, -0.05) is 90.2 Å². The van der Waals surface area contributed by atoms with E-state index >= 15 is 0 Å². The number of carboxylic acid groups (broad SMARTS) is 1. The van der Waals surface area contributed by atoms with E-state index in [9.17, 15) is 9.90 Å². The van der Waals surface area contributed by atoms with Gasteiger partial charge in [0.05, 0.1) is 0 Å². The molecule has 1 unspecified atom stereocenters. The van der Waals surface area contributed by atoms with Crippen molar-refractivity contribution < 1.29 is 57.0 Å². The molecule has 6 nitrogen and oxygen atoms in total. The molecule has 0 aromatic heterocycles. The molecule has 174 valence electrons. The molecule has 0 spiro atoms. The Morgan fingerprint density at radius 2 is 1.13 bits per heavy atom. The van der Waals surface area contributed by atoms with E-state index in [1.807, 2.05) is 0 Å². The van der Waals surface area contributed by atoms with Crippen molar-refractivity contribution in [3.8, 4) is 0 Å². The summed E-state index contributed by atoms with van der Waals surface area (Å²) in [6, 6.07) is 0. The Morgan fingerprint density at radius 3 is 1.57 bits per heavy atom. The fraction of sp³-hybridized carbons (Fsp3) is 0.864. The smallest absolute Gasteiger partial charge is 0.550 e. The van der Waals surface area contributed by atoms with Crippen LogP contribution in [0.1, 0.15) is 117 Å². The maximum absolute atomic E-state index is 11.1. The van der Waals surface area contributed by atoms with Gasteiger partial charge in [0, 0.05) is 5.97 Å². The first-order valence-electron chi connectivity index (χ1n) is 11.3. The van der Waals surface area contributed by atoms with Crippen molar-refractivity contribution in [2.75, 3.05) is 0 Å². The van der Waals surface area contributed by atoms with Crippen molar-refractivity contribution in [3.05, 3.63) is 12.2 Å². The predicted molar refractivity (Wildman–Crippen MR) is 117 cm³/mol. The molecule has 2 N–H and O–H groups in total. The zero-order chi connectivity index (χ0) is 22.4. The minimum atomic E-state index is -4.67. The molecule has 0 aliphatic heterocycles. The van der Waals surface area contributed by atoms with Gasteiger partial charge in [-0.25, -0.2) is 0 Å². The topological polar surface area (TPSA) is 115 Å². The maximum Gasteiger partial charge on any atom is 1.00 e. The largest absolute Gasteiger partial charge is 1.00 e. The molecular formula is C22H43NaO6S. The summed E-state index contributed by atoms with van der Waals surface area (Å²) in [5.41, 5.74) is 0. The molecule has 0 radical (unpaired) electrons. The number of carbonyl (C=O) groups excluding carboxylic acids is 1. The van der Waals surface area contributed by atoms with Gasteiger partial charge in [0.1, 0.15) is 0 Å². The van der Waals surface area contributed by atoms with Crippen LogP contribution in [-0.2, 0) is 15.2 Å². The van der Waals surface area contributed by atoms with Crippen LogP contribution in [0.2, 0.25) is 0 Å². The van der Waals surface area contributed by atoms with Crippen LogP contribution < -0.4 is 34.7 Å². The molecule has 0 bridgehead atoms. The average molecular weight is 459 g/mol. The van der Waals surface area contributed by atoms with Crippen LogP contribution in [0.3, 0.4) is 0 Å². The third kappa shape index (κ3) is 35.5. The van der Waals surface area contributed by atoms with E-state index in [1.165, 1.54) is 64.2 Å². The minimum Gasteiger partial charge on any atom is -0.550 e. The molecule has 0 saturated carbocycles. The van der Waals surface area contributed by atoms with Crippen LogP contribution in [0.4, 0.5) is 0 Å². The Morgan fingerprint density at radius 1 is 0.767 bits per heavy atom. The molecule has 0 aliphatic carbocycles. The molecule has 0 amide bonds. The van der Waals surface area contributed by atoms with Gasteiger partial charge in [-0.05, 0) is 44.4 Å². The minimum absolute atomic E-state index is 0. The summed E-state index contributed by atoms with van der Waals surface area (Å²) in [5.74, 6) is -1.07.